The highest BCUT2D eigenvalue weighted by Crippen LogP contribution is 2.24. The lowest BCUT2D eigenvalue weighted by molar-refractivity contribution is -0.126. The molecule has 0 aromatic heterocycles. The summed E-state index contributed by atoms with van der Waals surface area (Å²) < 4.78 is 5.17. The van der Waals surface area contributed by atoms with Crippen molar-refractivity contribution in [1.82, 2.24) is 10.6 Å². The van der Waals surface area contributed by atoms with Crippen LogP contribution in [0.25, 0.3) is 0 Å². The lowest BCUT2D eigenvalue weighted by Crippen LogP contribution is -2.51. The molecule has 19 heavy (non-hydrogen) atoms. The molecule has 0 spiro atoms. The summed E-state index contributed by atoms with van der Waals surface area (Å²) in [5.41, 5.74) is 0.687. The van der Waals surface area contributed by atoms with Crippen molar-refractivity contribution in [2.24, 2.45) is 5.92 Å². The molecule has 1 fully saturated rings. The van der Waals surface area contributed by atoms with Gasteiger partial charge in [-0.25, -0.2) is 0 Å². The van der Waals surface area contributed by atoms with Gasteiger partial charge in [0.05, 0.1) is 19.1 Å². The van der Waals surface area contributed by atoms with Crippen molar-refractivity contribution in [3.8, 4) is 5.75 Å². The number of carbonyl (C=O) groups is 1. The number of hydrogen-bond donors (Lipinski definition) is 3. The van der Waals surface area contributed by atoms with E-state index in [9.17, 15) is 9.90 Å². The molecule has 1 aromatic rings. The number of aliphatic hydroxyl groups is 1. The predicted octanol–water partition coefficient (Wildman–Crippen LogP) is 0.486. The van der Waals surface area contributed by atoms with Gasteiger partial charge in [-0.1, -0.05) is 18.2 Å². The van der Waals surface area contributed by atoms with E-state index in [1.165, 1.54) is 0 Å². The van der Waals surface area contributed by atoms with Crippen LogP contribution < -0.4 is 15.4 Å². The van der Waals surface area contributed by atoms with Crippen LogP contribution in [0, 0.1) is 5.92 Å². The van der Waals surface area contributed by atoms with Gasteiger partial charge in [0.2, 0.25) is 5.91 Å². The molecule has 1 aromatic carbocycles. The molecule has 0 saturated carbocycles. The molecule has 1 aliphatic heterocycles. The zero-order chi connectivity index (χ0) is 13.0. The monoisotopic (exact) mass is 286 g/mol. The van der Waals surface area contributed by atoms with E-state index in [-0.39, 0.29) is 30.8 Å². The summed E-state index contributed by atoms with van der Waals surface area (Å²) in [5.74, 6) is 0.655. The summed E-state index contributed by atoms with van der Waals surface area (Å²) in [5, 5.41) is 15.8. The second kappa shape index (κ2) is 7.33. The van der Waals surface area contributed by atoms with Gasteiger partial charge in [-0.3, -0.25) is 4.79 Å². The summed E-state index contributed by atoms with van der Waals surface area (Å²) in [6, 6.07) is 7.25. The molecule has 1 heterocycles. The minimum atomic E-state index is -0.752. The second-order valence-corrected chi connectivity index (χ2v) is 4.36. The lowest BCUT2D eigenvalue weighted by atomic mass is 10.0. The van der Waals surface area contributed by atoms with Crippen LogP contribution in [-0.4, -0.2) is 37.8 Å². The molecular weight excluding hydrogens is 268 g/mol. The van der Waals surface area contributed by atoms with Gasteiger partial charge in [0.1, 0.15) is 5.75 Å². The first kappa shape index (κ1) is 15.8. The Morgan fingerprint density at radius 2 is 2.21 bits per heavy atom. The molecule has 1 aliphatic rings. The number of para-hydroxylation sites is 1. The van der Waals surface area contributed by atoms with Gasteiger partial charge in [-0.2, -0.15) is 0 Å². The maximum atomic E-state index is 11.6. The fraction of sp³-hybridized carbons (Fsp3) is 0.462. The van der Waals surface area contributed by atoms with Gasteiger partial charge in [0.25, 0.3) is 0 Å². The Balaban J connectivity index is 0.00000180. The Hall–Kier alpha value is -1.30. The Kier molecular flexibility index (Phi) is 6.08. The summed E-state index contributed by atoms with van der Waals surface area (Å²) in [7, 11) is 1.56. The third-order valence-electron chi connectivity index (χ3n) is 3.12. The number of hydrogen-bond acceptors (Lipinski definition) is 4. The highest BCUT2D eigenvalue weighted by Gasteiger charge is 2.25. The van der Waals surface area contributed by atoms with Crippen LogP contribution in [0.2, 0.25) is 0 Å². The molecule has 0 aliphatic carbocycles. The number of rotatable bonds is 5. The number of methoxy groups -OCH3 is 1. The van der Waals surface area contributed by atoms with Crippen molar-refractivity contribution >= 4 is 18.3 Å². The molecule has 2 rings (SSSR count). The maximum Gasteiger partial charge on any atom is 0.225 e. The molecule has 0 bridgehead atoms. The minimum Gasteiger partial charge on any atom is -0.496 e. The SMILES string of the molecule is COc1ccccc1C(O)CNC(=O)C1CNC1.Cl. The number of aliphatic hydroxyl groups excluding tert-OH is 1. The van der Waals surface area contributed by atoms with E-state index in [0.29, 0.717) is 11.3 Å². The van der Waals surface area contributed by atoms with Gasteiger partial charge in [0, 0.05) is 25.2 Å². The van der Waals surface area contributed by atoms with Gasteiger partial charge in [-0.15, -0.1) is 12.4 Å². The zero-order valence-electron chi connectivity index (χ0n) is 10.8. The number of benzene rings is 1. The Morgan fingerprint density at radius 1 is 1.53 bits per heavy atom. The van der Waals surface area contributed by atoms with Crippen LogP contribution >= 0.6 is 12.4 Å². The zero-order valence-corrected chi connectivity index (χ0v) is 11.6. The van der Waals surface area contributed by atoms with E-state index in [1.807, 2.05) is 12.1 Å². The Labute approximate surface area is 118 Å². The quantitative estimate of drug-likeness (QED) is 0.737. The fourth-order valence-electron chi connectivity index (χ4n) is 1.87. The second-order valence-electron chi connectivity index (χ2n) is 4.36. The molecular formula is C13H19ClN2O3. The van der Waals surface area contributed by atoms with E-state index >= 15 is 0 Å². The lowest BCUT2D eigenvalue weighted by Gasteiger charge is -2.26. The highest BCUT2D eigenvalue weighted by molar-refractivity contribution is 5.85. The van der Waals surface area contributed by atoms with Crippen molar-refractivity contribution in [3.05, 3.63) is 29.8 Å². The molecule has 3 N–H and O–H groups in total. The molecule has 1 amide bonds. The first-order valence-corrected chi connectivity index (χ1v) is 6.01. The molecule has 1 atom stereocenters. The van der Waals surface area contributed by atoms with E-state index in [1.54, 1.807) is 19.2 Å². The van der Waals surface area contributed by atoms with Crippen molar-refractivity contribution in [1.29, 1.82) is 0 Å². The average molecular weight is 287 g/mol. The summed E-state index contributed by atoms with van der Waals surface area (Å²) in [4.78, 5) is 11.6. The van der Waals surface area contributed by atoms with E-state index in [2.05, 4.69) is 10.6 Å². The molecule has 106 valence electrons. The fourth-order valence-corrected chi connectivity index (χ4v) is 1.87. The van der Waals surface area contributed by atoms with Crippen LogP contribution in [0.4, 0.5) is 0 Å². The highest BCUT2D eigenvalue weighted by atomic mass is 35.5. The average Bonchev–Trinajstić information content (AvgIpc) is 2.33. The van der Waals surface area contributed by atoms with Crippen LogP contribution in [0.1, 0.15) is 11.7 Å². The smallest absolute Gasteiger partial charge is 0.225 e. The minimum absolute atomic E-state index is 0. The van der Waals surface area contributed by atoms with E-state index < -0.39 is 6.10 Å². The molecule has 1 unspecified atom stereocenters. The van der Waals surface area contributed by atoms with Gasteiger partial charge >= 0.3 is 0 Å². The molecule has 6 heteroatoms. The molecule has 0 radical (unpaired) electrons. The van der Waals surface area contributed by atoms with Crippen LogP contribution in [0.15, 0.2) is 24.3 Å². The van der Waals surface area contributed by atoms with Crippen molar-refractivity contribution in [2.75, 3.05) is 26.7 Å². The van der Waals surface area contributed by atoms with Gasteiger partial charge in [0.15, 0.2) is 0 Å². The van der Waals surface area contributed by atoms with Crippen molar-refractivity contribution in [3.63, 3.8) is 0 Å². The third kappa shape index (κ3) is 3.83. The molecule has 1 saturated heterocycles. The Morgan fingerprint density at radius 3 is 2.79 bits per heavy atom. The molecule has 5 nitrogen and oxygen atoms in total. The number of amides is 1. The summed E-state index contributed by atoms with van der Waals surface area (Å²) in [6.45, 7) is 1.64. The Bertz CT molecular complexity index is 424. The maximum absolute atomic E-state index is 11.6. The normalized spacial score (nSPS) is 15.9. The van der Waals surface area contributed by atoms with Crippen molar-refractivity contribution in [2.45, 2.75) is 6.10 Å². The van der Waals surface area contributed by atoms with Gasteiger partial charge < -0.3 is 20.5 Å². The number of halogens is 1. The number of carbonyl (C=O) groups excluding carboxylic acids is 1. The van der Waals surface area contributed by atoms with Crippen LogP contribution in [-0.2, 0) is 4.79 Å². The number of nitrogens with one attached hydrogen (secondary N) is 2. The van der Waals surface area contributed by atoms with E-state index in [0.717, 1.165) is 13.1 Å². The largest absolute Gasteiger partial charge is 0.496 e. The summed E-state index contributed by atoms with van der Waals surface area (Å²) in [6.07, 6.45) is -0.752. The standard InChI is InChI=1S/C13H18N2O3.ClH/c1-18-12-5-3-2-4-10(12)11(16)8-15-13(17)9-6-14-7-9;/h2-5,9,11,14,16H,6-8H2,1H3,(H,15,17);1H. The summed E-state index contributed by atoms with van der Waals surface area (Å²) >= 11 is 0. The van der Waals surface area contributed by atoms with Gasteiger partial charge in [-0.05, 0) is 6.07 Å². The topological polar surface area (TPSA) is 70.6 Å². The van der Waals surface area contributed by atoms with Crippen LogP contribution in [0.5, 0.6) is 5.75 Å². The number of ether oxygens (including phenoxy) is 1. The van der Waals surface area contributed by atoms with Crippen molar-refractivity contribution < 1.29 is 14.6 Å². The first-order chi connectivity index (χ1) is 8.72. The predicted molar refractivity (Wildman–Crippen MR) is 74.6 cm³/mol. The first-order valence-electron chi connectivity index (χ1n) is 6.01. The van der Waals surface area contributed by atoms with Crippen LogP contribution in [0.3, 0.4) is 0 Å². The van der Waals surface area contributed by atoms with E-state index in [4.69, 9.17) is 4.74 Å². The third-order valence-corrected chi connectivity index (χ3v) is 3.12.